The van der Waals surface area contributed by atoms with Crippen molar-refractivity contribution in [2.24, 2.45) is 0 Å². The molecule has 0 spiro atoms. The SMILES string of the molecule is COc1cc(C(=O)N[C@H](Cc2ccc(-c3cccc(Cl)c3)cc2)C[C@@H](O)C(=O)OCOC(C)=O)on1. The van der Waals surface area contributed by atoms with Gasteiger partial charge >= 0.3 is 11.9 Å². The Morgan fingerprint density at radius 1 is 1.08 bits per heavy atom. The highest BCUT2D eigenvalue weighted by Crippen LogP contribution is 2.23. The number of carbonyl (C=O) groups excluding carboxylic acids is 3. The average Bonchev–Trinajstić information content (AvgIpc) is 3.34. The van der Waals surface area contributed by atoms with Gasteiger partial charge in [-0.2, -0.15) is 0 Å². The molecule has 10 nitrogen and oxygen atoms in total. The van der Waals surface area contributed by atoms with E-state index in [2.05, 4.69) is 15.2 Å². The Balaban J connectivity index is 1.72. The number of esters is 2. The Labute approximate surface area is 212 Å². The van der Waals surface area contributed by atoms with E-state index in [0.717, 1.165) is 23.6 Å². The number of carbonyl (C=O) groups is 3. The topological polar surface area (TPSA) is 137 Å². The first-order valence-corrected chi connectivity index (χ1v) is 11.3. The molecular weight excluding hydrogens is 492 g/mol. The molecule has 2 aromatic carbocycles. The Hall–Kier alpha value is -3.89. The Morgan fingerprint density at radius 2 is 1.83 bits per heavy atom. The van der Waals surface area contributed by atoms with Gasteiger partial charge in [0.05, 0.1) is 13.2 Å². The van der Waals surface area contributed by atoms with Crippen LogP contribution in [0.5, 0.6) is 5.88 Å². The maximum absolute atomic E-state index is 12.7. The van der Waals surface area contributed by atoms with Crippen LogP contribution in [0.15, 0.2) is 59.1 Å². The lowest BCUT2D eigenvalue weighted by molar-refractivity contribution is -0.172. The number of benzene rings is 2. The zero-order valence-corrected chi connectivity index (χ0v) is 20.4. The number of nitrogens with one attached hydrogen (secondary N) is 1. The van der Waals surface area contributed by atoms with Crippen LogP contribution in [0.1, 0.15) is 29.5 Å². The summed E-state index contributed by atoms with van der Waals surface area (Å²) >= 11 is 6.08. The van der Waals surface area contributed by atoms with Crippen LogP contribution < -0.4 is 10.1 Å². The molecule has 0 unspecified atom stereocenters. The molecule has 2 N–H and O–H groups in total. The molecule has 1 heterocycles. The summed E-state index contributed by atoms with van der Waals surface area (Å²) in [6.07, 6.45) is -1.48. The van der Waals surface area contributed by atoms with Gasteiger partial charge < -0.3 is 29.2 Å². The van der Waals surface area contributed by atoms with Gasteiger partial charge in [-0.05, 0) is 40.4 Å². The van der Waals surface area contributed by atoms with Gasteiger partial charge in [0.2, 0.25) is 12.6 Å². The van der Waals surface area contributed by atoms with Gasteiger partial charge in [0.15, 0.2) is 6.10 Å². The molecule has 0 saturated carbocycles. The molecule has 3 aromatic rings. The summed E-state index contributed by atoms with van der Waals surface area (Å²) in [5, 5.41) is 17.3. The number of hydrogen-bond acceptors (Lipinski definition) is 9. The second-order valence-electron chi connectivity index (χ2n) is 7.78. The van der Waals surface area contributed by atoms with Crippen LogP contribution in [-0.4, -0.2) is 54.2 Å². The van der Waals surface area contributed by atoms with Crippen molar-refractivity contribution in [1.29, 1.82) is 0 Å². The molecule has 0 aliphatic rings. The lowest BCUT2D eigenvalue weighted by Crippen LogP contribution is -2.41. The van der Waals surface area contributed by atoms with Gasteiger partial charge in [0.1, 0.15) is 0 Å². The van der Waals surface area contributed by atoms with Crippen molar-refractivity contribution in [1.82, 2.24) is 10.5 Å². The summed E-state index contributed by atoms with van der Waals surface area (Å²) < 4.78 is 19.2. The molecule has 0 radical (unpaired) electrons. The third-order valence-corrected chi connectivity index (χ3v) is 5.33. The molecule has 0 aliphatic heterocycles. The highest BCUT2D eigenvalue weighted by atomic mass is 35.5. The molecular formula is C25H25ClN2O8. The van der Waals surface area contributed by atoms with Crippen molar-refractivity contribution in [3.05, 3.63) is 70.9 Å². The lowest BCUT2D eigenvalue weighted by Gasteiger charge is -2.21. The number of ether oxygens (including phenoxy) is 3. The fourth-order valence-corrected chi connectivity index (χ4v) is 3.52. The van der Waals surface area contributed by atoms with E-state index < -0.39 is 36.8 Å². The summed E-state index contributed by atoms with van der Waals surface area (Å²) in [7, 11) is 1.38. The molecule has 2 atom stereocenters. The zero-order valence-electron chi connectivity index (χ0n) is 19.6. The largest absolute Gasteiger partial charge is 0.479 e. The molecule has 0 fully saturated rings. The van der Waals surface area contributed by atoms with E-state index in [9.17, 15) is 19.5 Å². The van der Waals surface area contributed by atoms with Gasteiger partial charge in [0, 0.05) is 24.4 Å². The molecule has 190 valence electrons. The van der Waals surface area contributed by atoms with Gasteiger partial charge in [-0.3, -0.25) is 9.59 Å². The van der Waals surface area contributed by atoms with Crippen LogP contribution in [0.25, 0.3) is 11.1 Å². The Kier molecular flexibility index (Phi) is 9.43. The van der Waals surface area contributed by atoms with E-state index in [-0.39, 0.29) is 24.5 Å². The van der Waals surface area contributed by atoms with E-state index in [1.165, 1.54) is 13.2 Å². The number of aliphatic hydroxyl groups excluding tert-OH is 1. The average molecular weight is 517 g/mol. The van der Waals surface area contributed by atoms with Crippen LogP contribution in [0, 0.1) is 0 Å². The standard InChI is InChI=1S/C25H25ClN2O8/c1-15(29)34-14-35-25(32)21(30)12-20(27-24(31)22-13-23(33-2)28-36-22)10-16-6-8-17(9-7-16)18-4-3-5-19(26)11-18/h3-9,11,13,20-21,30H,10,12,14H2,1-2H3,(H,27,31)/t20-,21-/m1/s1. The molecule has 3 rings (SSSR count). The van der Waals surface area contributed by atoms with Crippen molar-refractivity contribution >= 4 is 29.4 Å². The lowest BCUT2D eigenvalue weighted by atomic mass is 9.97. The monoisotopic (exact) mass is 516 g/mol. The van der Waals surface area contributed by atoms with Gasteiger partial charge in [0.25, 0.3) is 11.8 Å². The highest BCUT2D eigenvalue weighted by molar-refractivity contribution is 6.30. The number of rotatable bonds is 11. The van der Waals surface area contributed by atoms with E-state index in [4.69, 9.17) is 25.6 Å². The van der Waals surface area contributed by atoms with Crippen molar-refractivity contribution in [2.75, 3.05) is 13.9 Å². The molecule has 36 heavy (non-hydrogen) atoms. The molecule has 0 bridgehead atoms. The number of hydrogen-bond donors (Lipinski definition) is 2. The second kappa shape index (κ2) is 12.7. The summed E-state index contributed by atoms with van der Waals surface area (Å²) in [6, 6.07) is 15.6. The quantitative estimate of drug-likeness (QED) is 0.291. The molecule has 1 aromatic heterocycles. The molecule has 0 aliphatic carbocycles. The minimum atomic E-state index is -1.58. The third kappa shape index (κ3) is 7.82. The van der Waals surface area contributed by atoms with Crippen LogP contribution in [0.3, 0.4) is 0 Å². The van der Waals surface area contributed by atoms with Crippen molar-refractivity contribution in [2.45, 2.75) is 31.9 Å². The fraction of sp³-hybridized carbons (Fsp3) is 0.280. The van der Waals surface area contributed by atoms with E-state index in [1.807, 2.05) is 42.5 Å². The number of amides is 1. The van der Waals surface area contributed by atoms with Crippen LogP contribution in [0.2, 0.25) is 5.02 Å². The maximum atomic E-state index is 12.7. The summed E-state index contributed by atoms with van der Waals surface area (Å²) in [4.78, 5) is 35.6. The van der Waals surface area contributed by atoms with Crippen LogP contribution >= 0.6 is 11.6 Å². The predicted octanol–water partition coefficient (Wildman–Crippen LogP) is 3.16. The summed E-state index contributed by atoms with van der Waals surface area (Å²) in [5.74, 6) is -2.20. The smallest absolute Gasteiger partial charge is 0.337 e. The Bertz CT molecular complexity index is 1190. The minimum Gasteiger partial charge on any atom is -0.479 e. The molecule has 0 saturated heterocycles. The van der Waals surface area contributed by atoms with Crippen molar-refractivity contribution in [3.8, 4) is 17.0 Å². The van der Waals surface area contributed by atoms with E-state index in [1.54, 1.807) is 6.07 Å². The highest BCUT2D eigenvalue weighted by Gasteiger charge is 2.25. The first-order chi connectivity index (χ1) is 17.2. The first kappa shape index (κ1) is 26.7. The predicted molar refractivity (Wildman–Crippen MR) is 128 cm³/mol. The normalized spacial score (nSPS) is 12.3. The van der Waals surface area contributed by atoms with Crippen LogP contribution in [-0.2, 0) is 25.5 Å². The third-order valence-electron chi connectivity index (χ3n) is 5.09. The fourth-order valence-electron chi connectivity index (χ4n) is 3.33. The molecule has 11 heteroatoms. The summed E-state index contributed by atoms with van der Waals surface area (Å²) in [5.41, 5.74) is 2.73. The second-order valence-corrected chi connectivity index (χ2v) is 8.22. The number of aliphatic hydroxyl groups is 1. The number of methoxy groups -OCH3 is 1. The van der Waals surface area contributed by atoms with Crippen molar-refractivity contribution < 1.29 is 38.2 Å². The Morgan fingerprint density at radius 3 is 2.47 bits per heavy atom. The molecule has 1 amide bonds. The first-order valence-electron chi connectivity index (χ1n) is 10.9. The van der Waals surface area contributed by atoms with E-state index >= 15 is 0 Å². The number of nitrogens with zero attached hydrogens (tertiary/aromatic N) is 1. The number of halogens is 1. The van der Waals surface area contributed by atoms with Gasteiger partial charge in [-0.25, -0.2) is 4.79 Å². The van der Waals surface area contributed by atoms with Gasteiger partial charge in [-0.15, -0.1) is 0 Å². The maximum Gasteiger partial charge on any atom is 0.337 e. The zero-order chi connectivity index (χ0) is 26.1. The van der Waals surface area contributed by atoms with Crippen LogP contribution in [0.4, 0.5) is 0 Å². The van der Waals surface area contributed by atoms with Gasteiger partial charge in [-0.1, -0.05) is 48.0 Å². The van der Waals surface area contributed by atoms with E-state index in [0.29, 0.717) is 5.02 Å². The number of aromatic nitrogens is 1. The summed E-state index contributed by atoms with van der Waals surface area (Å²) in [6.45, 7) is 0.539. The minimum absolute atomic E-state index is 0.0971. The van der Waals surface area contributed by atoms with Crippen molar-refractivity contribution in [3.63, 3.8) is 0 Å².